The van der Waals surface area contributed by atoms with Crippen molar-refractivity contribution in [3.8, 4) is 73.7 Å². The molecule has 4 aliphatic rings. The van der Waals surface area contributed by atoms with E-state index in [-0.39, 0.29) is 62.6 Å². The van der Waals surface area contributed by atoms with E-state index in [2.05, 4.69) is 82.5 Å². The standard InChI is InChI=1S/C25H26FN7O2.C25H26N6O2.C21H17ClFN5O.C20H16ClFN6O2/c1-15-9-21(26)20(25(35)31-18-4-5-18)10-19(15)17-11-30-33(14-17)23-12-29-22-6-3-16(13-32(22)23)24(34)28-8-7-27-2;1-3-9-26-24(32)18-8-10-30-22(12-18)27-14-23(30)31-15-19(13-28-31)21-11-17(5-4-16(21)2)25(33)29-20-6-7-20;1-12-3-2-6-27-19(10-24-20(12)27)28-11-13(9-25-28)15-7-16(18(23)8-17(15)22)21(29)26-14-4-5-14;1-30-18-10-27-17(7-24-18)23-8-19(27)28-9-11(6-25-28)13-4-14(16(22)5-15(13)21)20(29)26-12-2-3-12/h3,6,9-14,18,27H,4-5,7-8H2,1-2H3,(H,28,34)(H,31,35);4-5,8,10-15,20H,3,6-7,9H2,1-2H3,(H,26,32)(H,29,33);2-3,6-11,14H,4-5H2,1H3,(H,26,29);4-10,12H,2-3H2,1H3,(H,26,29). The highest BCUT2D eigenvalue weighted by atomic mass is 35.5. The van der Waals surface area contributed by atoms with Crippen LogP contribution in [-0.4, -0.2) is 175 Å². The first kappa shape index (κ1) is 84.6. The number of halogens is 5. The van der Waals surface area contributed by atoms with Gasteiger partial charge in [0.25, 0.3) is 35.4 Å². The van der Waals surface area contributed by atoms with Gasteiger partial charge in [-0.1, -0.05) is 42.3 Å². The molecule has 12 heterocycles. The smallest absolute Gasteiger partial charge is 0.254 e. The molecule has 20 rings (SSSR count). The van der Waals surface area contributed by atoms with Crippen LogP contribution in [0.5, 0.6) is 5.88 Å². The monoisotopic (exact) mass is 1750 g/mol. The summed E-state index contributed by atoms with van der Waals surface area (Å²) in [4.78, 5) is 96.2. The quantitative estimate of drug-likeness (QED) is 0.0276. The van der Waals surface area contributed by atoms with E-state index in [4.69, 9.17) is 27.9 Å². The minimum absolute atomic E-state index is 0.0190. The van der Waals surface area contributed by atoms with Gasteiger partial charge in [0.05, 0.1) is 101 Å². The lowest BCUT2D eigenvalue weighted by Crippen LogP contribution is -2.30. The van der Waals surface area contributed by atoms with Crippen molar-refractivity contribution in [1.29, 1.82) is 0 Å². The summed E-state index contributed by atoms with van der Waals surface area (Å²) in [6.07, 6.45) is 38.0. The number of nitrogens with one attached hydrogen (secondary N) is 7. The molecule has 0 atom stereocenters. The summed E-state index contributed by atoms with van der Waals surface area (Å²) in [6, 6.07) is 25.7. The second-order valence-corrected chi connectivity index (χ2v) is 32.2. The average Bonchev–Trinajstić information content (AvgIpc) is 1.70. The van der Waals surface area contributed by atoms with E-state index in [1.54, 1.807) is 152 Å². The fraction of sp³-hybridized carbons (Fsp3) is 0.242. The first-order valence-corrected chi connectivity index (χ1v) is 42.1. The molecule has 646 valence electrons. The van der Waals surface area contributed by atoms with Gasteiger partial charge in [-0.05, 0) is 192 Å². The second kappa shape index (κ2) is 36.3. The van der Waals surface area contributed by atoms with Crippen molar-refractivity contribution in [2.45, 2.75) is 110 Å². The molecule has 31 nitrogen and oxygen atoms in total. The fourth-order valence-corrected chi connectivity index (χ4v) is 14.7. The predicted octanol–water partition coefficient (Wildman–Crippen LogP) is 13.5. The van der Waals surface area contributed by atoms with Gasteiger partial charge in [-0.15, -0.1) is 0 Å². The molecule has 36 heteroatoms. The van der Waals surface area contributed by atoms with Crippen LogP contribution in [0.2, 0.25) is 10.0 Å². The molecule has 16 aromatic rings. The molecule has 0 unspecified atom stereocenters. The van der Waals surface area contributed by atoms with Gasteiger partial charge in [0, 0.05) is 132 Å². The summed E-state index contributed by atoms with van der Waals surface area (Å²) < 4.78 is 62.5. The number of rotatable bonds is 24. The maximum atomic E-state index is 14.5. The second-order valence-electron chi connectivity index (χ2n) is 31.4. The average molecular weight is 1750 g/mol. The molecule has 4 aliphatic carbocycles. The Labute approximate surface area is 733 Å². The highest BCUT2D eigenvalue weighted by Gasteiger charge is 2.31. The highest BCUT2D eigenvalue weighted by Crippen LogP contribution is 2.36. The summed E-state index contributed by atoms with van der Waals surface area (Å²) >= 11 is 12.6. The van der Waals surface area contributed by atoms with Gasteiger partial charge in [-0.25, -0.2) is 56.8 Å². The summed E-state index contributed by atoms with van der Waals surface area (Å²) in [5.41, 5.74) is 13.0. The molecule has 12 aromatic heterocycles. The molecule has 4 fully saturated rings. The van der Waals surface area contributed by atoms with Crippen LogP contribution in [0.1, 0.15) is 144 Å². The van der Waals surface area contributed by atoms with Crippen LogP contribution < -0.4 is 42.0 Å². The Bertz CT molecular complexity index is 6940. The zero-order valence-corrected chi connectivity index (χ0v) is 71.1. The van der Waals surface area contributed by atoms with Crippen LogP contribution >= 0.6 is 23.2 Å². The number of carbonyl (C=O) groups is 6. The third kappa shape index (κ3) is 18.8. The lowest BCUT2D eigenvalue weighted by molar-refractivity contribution is 0.0938. The van der Waals surface area contributed by atoms with E-state index in [0.717, 1.165) is 115 Å². The van der Waals surface area contributed by atoms with Crippen LogP contribution in [0.15, 0.2) is 196 Å². The van der Waals surface area contributed by atoms with Gasteiger partial charge in [-0.3, -0.25) is 46.4 Å². The molecule has 4 aromatic carbocycles. The molecule has 0 bridgehead atoms. The number of likely N-dealkylation sites (N-methyl/N-ethyl adjacent to an activating group) is 1. The van der Waals surface area contributed by atoms with E-state index in [9.17, 15) is 41.9 Å². The number of pyridine rings is 3. The molecule has 6 amide bonds. The van der Waals surface area contributed by atoms with E-state index in [1.165, 1.54) is 31.4 Å². The molecular formula is C91H85Cl2F3N24O7. The molecule has 0 saturated heterocycles. The Balaban J connectivity index is 0.000000120. The Kier molecular flexibility index (Phi) is 24.2. The van der Waals surface area contributed by atoms with Gasteiger partial charge < -0.3 is 42.0 Å². The first-order valence-electron chi connectivity index (χ1n) is 41.3. The number of ether oxygens (including phenoxy) is 1. The van der Waals surface area contributed by atoms with Crippen LogP contribution in [0, 0.1) is 38.2 Å². The number of benzene rings is 4. The van der Waals surface area contributed by atoms with Crippen molar-refractivity contribution in [2.24, 2.45) is 0 Å². The Morgan fingerprint density at radius 2 is 0.850 bits per heavy atom. The summed E-state index contributed by atoms with van der Waals surface area (Å²) in [5, 5.41) is 38.4. The van der Waals surface area contributed by atoms with E-state index in [1.807, 2.05) is 85.5 Å². The molecule has 0 radical (unpaired) electrons. The molecule has 127 heavy (non-hydrogen) atoms. The first-order chi connectivity index (χ1) is 61.5. The van der Waals surface area contributed by atoms with Crippen molar-refractivity contribution in [1.82, 2.24) is 119 Å². The number of aryl methyl sites for hydroxylation is 3. The zero-order valence-electron chi connectivity index (χ0n) is 69.6. The molecular weight excluding hydrogens is 1670 g/mol. The van der Waals surface area contributed by atoms with Crippen LogP contribution in [-0.2, 0) is 0 Å². The molecule has 7 N–H and O–H groups in total. The van der Waals surface area contributed by atoms with Gasteiger partial charge >= 0.3 is 0 Å². The topological polar surface area (TPSA) is 349 Å². The predicted molar refractivity (Wildman–Crippen MR) is 470 cm³/mol. The summed E-state index contributed by atoms with van der Waals surface area (Å²) in [5.74, 6) is -0.171. The minimum atomic E-state index is -0.657. The maximum absolute atomic E-state index is 14.5. The number of amides is 6. The van der Waals surface area contributed by atoms with Gasteiger partial charge in [0.1, 0.15) is 34.4 Å². The van der Waals surface area contributed by atoms with Gasteiger partial charge in [0.2, 0.25) is 5.88 Å². The third-order valence-corrected chi connectivity index (χ3v) is 22.4. The summed E-state index contributed by atoms with van der Waals surface area (Å²) in [7, 11) is 3.36. The third-order valence-electron chi connectivity index (χ3n) is 21.8. The SMILES string of the molecule is CCCNC(=O)c1ccn2c(-n3cc(-c4cc(C(=O)NC5CC5)ccc4C)cn3)cnc2c1.CNCCNC(=O)c1ccc2ncc(-n3cc(-c4cc(C(=O)NC5CC5)c(F)cc4C)cn3)n2c1.COc1cn2c(-n3cc(-c4cc(C(=O)NC5CC5)c(F)cc4Cl)cn3)cnc2cn1.Cc1cccn2c(-n3cc(-c4cc(C(=O)NC5CC5)c(F)cc4Cl)cn3)cnc12. The largest absolute Gasteiger partial charge is 0.480 e. The number of aromatic nitrogens is 17. The molecule has 0 aliphatic heterocycles. The van der Waals surface area contributed by atoms with Crippen LogP contribution in [0.3, 0.4) is 0 Å². The van der Waals surface area contributed by atoms with Gasteiger partial charge in [0.15, 0.2) is 28.9 Å². The number of methoxy groups -OCH3 is 1. The fourth-order valence-electron chi connectivity index (χ4n) is 14.2. The normalized spacial score (nSPS) is 13.4. The molecule has 0 spiro atoms. The van der Waals surface area contributed by atoms with Crippen LogP contribution in [0.4, 0.5) is 13.2 Å². The van der Waals surface area contributed by atoms with Crippen molar-refractivity contribution in [3.63, 3.8) is 0 Å². The number of nitrogens with zero attached hydrogens (tertiary/aromatic N) is 17. The van der Waals surface area contributed by atoms with Crippen molar-refractivity contribution < 1.29 is 46.7 Å². The number of hydrogen-bond donors (Lipinski definition) is 7. The lowest BCUT2D eigenvalue weighted by Gasteiger charge is -2.09. The van der Waals surface area contributed by atoms with E-state index >= 15 is 0 Å². The zero-order chi connectivity index (χ0) is 88.4. The maximum Gasteiger partial charge on any atom is 0.254 e. The number of imidazole rings is 4. The number of hydrogen-bond acceptors (Lipinski definition) is 17. The van der Waals surface area contributed by atoms with Crippen molar-refractivity contribution in [2.75, 3.05) is 33.8 Å². The lowest BCUT2D eigenvalue weighted by atomic mass is 9.99. The van der Waals surface area contributed by atoms with E-state index in [0.29, 0.717) is 105 Å². The minimum Gasteiger partial charge on any atom is -0.480 e. The van der Waals surface area contributed by atoms with Crippen molar-refractivity contribution in [3.05, 3.63) is 274 Å². The Hall–Kier alpha value is -14.6. The molecule has 4 saturated carbocycles. The number of carbonyl (C=O) groups excluding carboxylic acids is 6. The number of fused-ring (bicyclic) bond motifs is 4. The van der Waals surface area contributed by atoms with Gasteiger partial charge in [-0.2, -0.15) is 20.4 Å². The summed E-state index contributed by atoms with van der Waals surface area (Å²) in [6.45, 7) is 9.66. The van der Waals surface area contributed by atoms with E-state index < -0.39 is 35.2 Å². The highest BCUT2D eigenvalue weighted by molar-refractivity contribution is 6.34. The Morgan fingerprint density at radius 1 is 0.402 bits per heavy atom. The van der Waals surface area contributed by atoms with Crippen molar-refractivity contribution >= 4 is 81.2 Å². The Morgan fingerprint density at radius 3 is 1.39 bits per heavy atom. The van der Waals surface area contributed by atoms with Crippen LogP contribution in [0.25, 0.3) is 90.4 Å².